The van der Waals surface area contributed by atoms with Gasteiger partial charge in [-0.15, -0.1) is 0 Å². The van der Waals surface area contributed by atoms with Crippen LogP contribution in [0.5, 0.6) is 0 Å². The molecular weight excluding hydrogens is 405 g/mol. The molecule has 8 bridgehead atoms. The first-order chi connectivity index (χ1) is 13.8. The van der Waals surface area contributed by atoms with Crippen molar-refractivity contribution in [1.82, 2.24) is 5.01 Å². The van der Waals surface area contributed by atoms with Gasteiger partial charge in [0.1, 0.15) is 0 Å². The third kappa shape index (κ3) is 1.35. The van der Waals surface area contributed by atoms with Crippen LogP contribution in [-0.4, -0.2) is 16.8 Å². The highest BCUT2D eigenvalue weighted by Gasteiger charge is 2.96. The van der Waals surface area contributed by atoms with E-state index < -0.39 is 27.6 Å². The van der Waals surface area contributed by atoms with Crippen LogP contribution >= 0.6 is 11.6 Å². The predicted molar refractivity (Wildman–Crippen MR) is 96.0 cm³/mol. The highest BCUT2D eigenvalue weighted by molar-refractivity contribution is 6.31. The number of anilines is 1. The summed E-state index contributed by atoms with van der Waals surface area (Å²) in [6.45, 7) is 0. The second kappa shape index (κ2) is 4.41. The van der Waals surface area contributed by atoms with Gasteiger partial charge in [-0.1, -0.05) is 35.9 Å². The summed E-state index contributed by atoms with van der Waals surface area (Å²) in [4.78, 5) is 27.3. The number of halogens is 4. The molecule has 4 saturated carbocycles. The van der Waals surface area contributed by atoms with Crippen LogP contribution in [0, 0.1) is 46.3 Å². The summed E-state index contributed by atoms with van der Waals surface area (Å²) in [5.41, 5.74) is 0.157. The Kier molecular flexibility index (Phi) is 2.51. The number of rotatable bonds is 2. The molecule has 1 saturated heterocycles. The molecule has 29 heavy (non-hydrogen) atoms. The number of benzene rings is 1. The number of amides is 2. The molecular formula is C21H14ClF3N2O2. The van der Waals surface area contributed by atoms with E-state index in [4.69, 9.17) is 11.6 Å². The van der Waals surface area contributed by atoms with Gasteiger partial charge in [0, 0.05) is 0 Å². The van der Waals surface area contributed by atoms with Crippen molar-refractivity contribution in [1.29, 1.82) is 0 Å². The first kappa shape index (κ1) is 16.5. The number of alkyl halides is 3. The standard InChI is InChI=1S/C21H14ClF3N2O2/c22-14-6-1-8(7-13(14)21(23,24)25)26-27-17(28)19-9-2-3-10-15(9)16-11(19)4-5-12(16)20(10,19)18(27)29/h1-7,9-12,15-16,26H. The van der Waals surface area contributed by atoms with Gasteiger partial charge < -0.3 is 0 Å². The average Bonchev–Trinajstić information content (AvgIpc) is 3.46. The van der Waals surface area contributed by atoms with Gasteiger partial charge in [0.05, 0.1) is 27.1 Å². The minimum Gasteiger partial charge on any atom is -0.289 e. The Bertz CT molecular complexity index is 1030. The summed E-state index contributed by atoms with van der Waals surface area (Å²) in [6, 6.07) is 3.31. The Hall–Kier alpha value is -2.28. The van der Waals surface area contributed by atoms with E-state index in [0.29, 0.717) is 11.8 Å². The molecule has 7 aliphatic rings. The van der Waals surface area contributed by atoms with Gasteiger partial charge in [-0.25, -0.2) is 0 Å². The monoisotopic (exact) mass is 418 g/mol. The van der Waals surface area contributed by atoms with E-state index in [1.54, 1.807) is 0 Å². The van der Waals surface area contributed by atoms with Crippen LogP contribution < -0.4 is 5.43 Å². The lowest BCUT2D eigenvalue weighted by atomic mass is 9.54. The summed E-state index contributed by atoms with van der Waals surface area (Å²) in [6.07, 6.45) is 3.74. The van der Waals surface area contributed by atoms with Crippen molar-refractivity contribution in [3.8, 4) is 0 Å². The van der Waals surface area contributed by atoms with Crippen LogP contribution in [-0.2, 0) is 15.8 Å². The molecule has 6 aliphatic carbocycles. The summed E-state index contributed by atoms with van der Waals surface area (Å²) in [7, 11) is 0. The highest BCUT2D eigenvalue weighted by Crippen LogP contribution is 2.91. The smallest absolute Gasteiger partial charge is 0.289 e. The number of hydrogen-bond donors (Lipinski definition) is 1. The topological polar surface area (TPSA) is 49.4 Å². The highest BCUT2D eigenvalue weighted by atomic mass is 35.5. The lowest BCUT2D eigenvalue weighted by Gasteiger charge is -2.43. The molecule has 1 heterocycles. The molecule has 4 atom stereocenters. The number of carbonyl (C=O) groups excluding carboxylic acids is 2. The third-order valence-corrected chi connectivity index (χ3v) is 8.90. The Labute approximate surface area is 168 Å². The summed E-state index contributed by atoms with van der Waals surface area (Å²) in [5, 5.41) is 0.558. The molecule has 1 N–H and O–H groups in total. The van der Waals surface area contributed by atoms with E-state index in [2.05, 4.69) is 29.7 Å². The number of hydrazine groups is 1. The van der Waals surface area contributed by atoms with Crippen LogP contribution in [0.2, 0.25) is 5.02 Å². The van der Waals surface area contributed by atoms with Crippen LogP contribution in [0.15, 0.2) is 42.5 Å². The van der Waals surface area contributed by atoms with Gasteiger partial charge in [0.2, 0.25) is 0 Å². The number of allylic oxidation sites excluding steroid dienone is 4. The second-order valence-electron chi connectivity index (χ2n) is 9.02. The SMILES string of the molecule is O=C1N(Nc2ccc(Cl)c(C(F)(F)F)c2)C(=O)C23C4C=CC5C4C4C(C=CC42)C153. The van der Waals surface area contributed by atoms with E-state index in [1.165, 1.54) is 6.07 Å². The minimum absolute atomic E-state index is 0.0160. The largest absolute Gasteiger partial charge is 0.417 e. The number of carbonyl (C=O) groups is 2. The molecule has 2 amide bonds. The van der Waals surface area contributed by atoms with Gasteiger partial charge in [0.15, 0.2) is 0 Å². The zero-order chi connectivity index (χ0) is 20.1. The zero-order valence-corrected chi connectivity index (χ0v) is 15.5. The maximum Gasteiger partial charge on any atom is 0.417 e. The lowest BCUT2D eigenvalue weighted by molar-refractivity contribution is -0.141. The maximum absolute atomic E-state index is 13.7. The van der Waals surface area contributed by atoms with Crippen molar-refractivity contribution in [3.05, 3.63) is 53.1 Å². The van der Waals surface area contributed by atoms with Gasteiger partial charge >= 0.3 is 6.18 Å². The fraction of sp³-hybridized carbons (Fsp3) is 0.429. The lowest BCUT2D eigenvalue weighted by Crippen LogP contribution is -2.50. The fourth-order valence-electron chi connectivity index (χ4n) is 8.19. The van der Waals surface area contributed by atoms with Crippen LogP contribution in [0.4, 0.5) is 18.9 Å². The van der Waals surface area contributed by atoms with Crippen LogP contribution in [0.1, 0.15) is 5.56 Å². The molecule has 4 unspecified atom stereocenters. The molecule has 2 spiro atoms. The molecule has 4 nitrogen and oxygen atoms in total. The normalized spacial score (nSPS) is 46.7. The number of imide groups is 1. The number of nitrogens with zero attached hydrogens (tertiary/aromatic N) is 1. The molecule has 8 heteroatoms. The van der Waals surface area contributed by atoms with Gasteiger partial charge in [0.25, 0.3) is 11.8 Å². The first-order valence-electron chi connectivity index (χ1n) is 9.64. The van der Waals surface area contributed by atoms with Crippen molar-refractivity contribution in [2.45, 2.75) is 6.18 Å². The van der Waals surface area contributed by atoms with Crippen molar-refractivity contribution < 1.29 is 22.8 Å². The van der Waals surface area contributed by atoms with Crippen molar-refractivity contribution in [3.63, 3.8) is 0 Å². The second-order valence-corrected chi connectivity index (χ2v) is 9.42. The Morgan fingerprint density at radius 2 is 1.38 bits per heavy atom. The molecule has 0 radical (unpaired) electrons. The molecule has 0 aromatic heterocycles. The van der Waals surface area contributed by atoms with Crippen molar-refractivity contribution >= 4 is 29.1 Å². The van der Waals surface area contributed by atoms with Crippen LogP contribution in [0.25, 0.3) is 0 Å². The van der Waals surface area contributed by atoms with E-state index >= 15 is 0 Å². The van der Waals surface area contributed by atoms with Gasteiger partial charge in [-0.2, -0.15) is 18.2 Å². The predicted octanol–water partition coefficient (Wildman–Crippen LogP) is 3.90. The van der Waals surface area contributed by atoms with Gasteiger partial charge in [-0.3, -0.25) is 15.0 Å². The van der Waals surface area contributed by atoms with E-state index in [-0.39, 0.29) is 41.2 Å². The van der Waals surface area contributed by atoms with Gasteiger partial charge in [-0.05, 0) is 53.7 Å². The van der Waals surface area contributed by atoms with E-state index in [1.807, 2.05) is 0 Å². The zero-order valence-electron chi connectivity index (χ0n) is 14.8. The summed E-state index contributed by atoms with van der Waals surface area (Å²) in [5.74, 6) is 0.251. The summed E-state index contributed by atoms with van der Waals surface area (Å²) >= 11 is 5.69. The molecule has 5 fully saturated rings. The van der Waals surface area contributed by atoms with E-state index in [9.17, 15) is 22.8 Å². The minimum atomic E-state index is -4.63. The molecule has 1 aromatic carbocycles. The van der Waals surface area contributed by atoms with Crippen molar-refractivity contribution in [2.24, 2.45) is 46.3 Å². The Morgan fingerprint density at radius 1 is 0.897 bits per heavy atom. The molecule has 1 aliphatic heterocycles. The van der Waals surface area contributed by atoms with E-state index in [0.717, 1.165) is 17.1 Å². The fourth-order valence-corrected chi connectivity index (χ4v) is 8.42. The number of hydrogen-bond acceptors (Lipinski definition) is 3. The Balaban J connectivity index is 1.33. The molecule has 8 rings (SSSR count). The number of nitrogens with one attached hydrogen (secondary N) is 1. The maximum atomic E-state index is 13.7. The Morgan fingerprint density at radius 3 is 1.83 bits per heavy atom. The first-order valence-corrected chi connectivity index (χ1v) is 10.0. The third-order valence-electron chi connectivity index (χ3n) is 8.57. The molecule has 1 aromatic rings. The summed E-state index contributed by atoms with van der Waals surface area (Å²) < 4.78 is 39.7. The van der Waals surface area contributed by atoms with Crippen LogP contribution in [0.3, 0.4) is 0 Å². The van der Waals surface area contributed by atoms with Crippen molar-refractivity contribution in [2.75, 3.05) is 5.43 Å². The molecule has 148 valence electrons. The average molecular weight is 419 g/mol. The quantitative estimate of drug-likeness (QED) is 0.585.